The molecule has 1 aromatic carbocycles. The molecule has 2 aliphatic rings. The molecule has 2 fully saturated rings. The van der Waals surface area contributed by atoms with Crippen molar-refractivity contribution in [1.29, 1.82) is 0 Å². The summed E-state index contributed by atoms with van der Waals surface area (Å²) in [6, 6.07) is 20.7. The van der Waals surface area contributed by atoms with E-state index in [0.29, 0.717) is 13.2 Å². The third-order valence-corrected chi connectivity index (χ3v) is 6.74. The Morgan fingerprint density at radius 2 is 1.74 bits per heavy atom. The van der Waals surface area contributed by atoms with Crippen LogP contribution in [-0.2, 0) is 4.74 Å². The van der Waals surface area contributed by atoms with Gasteiger partial charge in [0.2, 0.25) is 0 Å². The van der Waals surface area contributed by atoms with Crippen LogP contribution in [0.3, 0.4) is 0 Å². The van der Waals surface area contributed by atoms with Gasteiger partial charge in [-0.3, -0.25) is 0 Å². The van der Waals surface area contributed by atoms with Crippen LogP contribution in [0.4, 0.5) is 11.6 Å². The van der Waals surface area contributed by atoms with Gasteiger partial charge in [-0.1, -0.05) is 36.4 Å². The summed E-state index contributed by atoms with van der Waals surface area (Å²) in [5, 5.41) is 14.8. The number of ether oxygens (including phenoxy) is 1. The standard InChI is InChI=1S/C26H28N6O2/c33-20-11-13-30(14-12-20)25-8-4-7-21(28-25)22-17-27-24-9-10-26(29-32(22)24)31-15-16-34-18-23(31)19-5-2-1-3-6-19/h1-10,17,20,23,33H,11-16,18H2/t23-/m1/s1. The number of aliphatic hydroxyl groups excluding tert-OH is 1. The second-order valence-corrected chi connectivity index (χ2v) is 8.90. The van der Waals surface area contributed by atoms with Crippen LogP contribution in [0.1, 0.15) is 24.4 Å². The molecule has 8 nitrogen and oxygen atoms in total. The highest BCUT2D eigenvalue weighted by molar-refractivity contribution is 5.62. The minimum atomic E-state index is -0.208. The number of nitrogens with zero attached hydrogens (tertiary/aromatic N) is 6. The van der Waals surface area contributed by atoms with E-state index in [2.05, 4.69) is 39.0 Å². The fraction of sp³-hybridized carbons (Fsp3) is 0.346. The largest absolute Gasteiger partial charge is 0.393 e. The molecule has 2 aliphatic heterocycles. The number of fused-ring (bicyclic) bond motifs is 1. The molecule has 0 radical (unpaired) electrons. The van der Waals surface area contributed by atoms with Gasteiger partial charge in [0.05, 0.1) is 37.3 Å². The number of aromatic nitrogens is 4. The summed E-state index contributed by atoms with van der Waals surface area (Å²) < 4.78 is 7.70. The first kappa shape index (κ1) is 21.1. The first-order valence-electron chi connectivity index (χ1n) is 11.9. The van der Waals surface area contributed by atoms with Crippen LogP contribution in [0.25, 0.3) is 17.0 Å². The number of morpholine rings is 1. The van der Waals surface area contributed by atoms with Gasteiger partial charge in [0, 0.05) is 19.6 Å². The zero-order valence-electron chi connectivity index (χ0n) is 19.0. The number of benzene rings is 1. The highest BCUT2D eigenvalue weighted by Gasteiger charge is 2.26. The van der Waals surface area contributed by atoms with E-state index in [1.807, 2.05) is 47.1 Å². The number of pyridine rings is 1. The first-order valence-corrected chi connectivity index (χ1v) is 11.9. The van der Waals surface area contributed by atoms with Crippen LogP contribution in [0.5, 0.6) is 0 Å². The Morgan fingerprint density at radius 3 is 2.59 bits per heavy atom. The number of aliphatic hydroxyl groups is 1. The summed E-state index contributed by atoms with van der Waals surface area (Å²) in [6.45, 7) is 3.70. The summed E-state index contributed by atoms with van der Waals surface area (Å²) >= 11 is 0. The fourth-order valence-corrected chi connectivity index (χ4v) is 4.86. The SMILES string of the molecule is OC1CCN(c2cccc(-c3cnc4ccc(N5CCOC[C@@H]5c5ccccc5)nn34)n2)CC1. The number of imidazole rings is 1. The van der Waals surface area contributed by atoms with Gasteiger partial charge in [-0.25, -0.2) is 14.5 Å². The van der Waals surface area contributed by atoms with Crippen LogP contribution >= 0.6 is 0 Å². The maximum Gasteiger partial charge on any atom is 0.154 e. The van der Waals surface area contributed by atoms with Crippen LogP contribution in [0, 0.1) is 0 Å². The van der Waals surface area contributed by atoms with Gasteiger partial charge in [-0.2, -0.15) is 0 Å². The number of piperidine rings is 1. The number of hydrogen-bond acceptors (Lipinski definition) is 7. The molecule has 0 amide bonds. The second-order valence-electron chi connectivity index (χ2n) is 8.90. The third kappa shape index (κ3) is 3.99. The Morgan fingerprint density at radius 1 is 0.882 bits per heavy atom. The van der Waals surface area contributed by atoms with Gasteiger partial charge >= 0.3 is 0 Å². The quantitative estimate of drug-likeness (QED) is 0.505. The van der Waals surface area contributed by atoms with E-state index < -0.39 is 0 Å². The van der Waals surface area contributed by atoms with E-state index >= 15 is 0 Å². The van der Waals surface area contributed by atoms with Gasteiger partial charge in [-0.15, -0.1) is 5.10 Å². The molecule has 0 spiro atoms. The molecule has 6 rings (SSSR count). The zero-order valence-corrected chi connectivity index (χ0v) is 19.0. The van der Waals surface area contributed by atoms with E-state index in [-0.39, 0.29) is 12.1 Å². The lowest BCUT2D eigenvalue weighted by Gasteiger charge is -2.36. The molecule has 8 heteroatoms. The number of hydrogen-bond donors (Lipinski definition) is 1. The van der Waals surface area contributed by atoms with Crippen molar-refractivity contribution in [2.45, 2.75) is 25.0 Å². The van der Waals surface area contributed by atoms with E-state index in [4.69, 9.17) is 14.8 Å². The van der Waals surface area contributed by atoms with Crippen molar-refractivity contribution in [3.63, 3.8) is 0 Å². The average molecular weight is 457 g/mol. The lowest BCUT2D eigenvalue weighted by molar-refractivity contribution is 0.0936. The van der Waals surface area contributed by atoms with Crippen molar-refractivity contribution in [1.82, 2.24) is 19.6 Å². The van der Waals surface area contributed by atoms with Crippen molar-refractivity contribution in [2.24, 2.45) is 0 Å². The van der Waals surface area contributed by atoms with Gasteiger partial charge in [0.15, 0.2) is 5.65 Å². The molecule has 34 heavy (non-hydrogen) atoms. The topological polar surface area (TPSA) is 79.0 Å². The highest BCUT2D eigenvalue weighted by atomic mass is 16.5. The molecule has 0 unspecified atom stereocenters. The first-order chi connectivity index (χ1) is 16.8. The predicted octanol–water partition coefficient (Wildman–Crippen LogP) is 3.33. The summed E-state index contributed by atoms with van der Waals surface area (Å²) in [5.41, 5.74) is 3.70. The average Bonchev–Trinajstić information content (AvgIpc) is 3.33. The van der Waals surface area contributed by atoms with Gasteiger partial charge in [-0.05, 0) is 42.7 Å². The van der Waals surface area contributed by atoms with Crippen molar-refractivity contribution in [2.75, 3.05) is 42.6 Å². The normalized spacial score (nSPS) is 19.6. The van der Waals surface area contributed by atoms with Crippen LogP contribution in [0.15, 0.2) is 66.9 Å². The van der Waals surface area contributed by atoms with Crippen LogP contribution in [0.2, 0.25) is 0 Å². The molecule has 1 atom stereocenters. The van der Waals surface area contributed by atoms with Crippen molar-refractivity contribution < 1.29 is 9.84 Å². The third-order valence-electron chi connectivity index (χ3n) is 6.74. The van der Waals surface area contributed by atoms with Gasteiger partial charge in [0.1, 0.15) is 17.3 Å². The second kappa shape index (κ2) is 9.04. The summed E-state index contributed by atoms with van der Waals surface area (Å²) in [5.74, 6) is 1.82. The van der Waals surface area contributed by atoms with Crippen molar-refractivity contribution in [3.8, 4) is 11.4 Å². The molecule has 0 saturated carbocycles. The molecule has 174 valence electrons. The fourth-order valence-electron chi connectivity index (χ4n) is 4.86. The predicted molar refractivity (Wildman–Crippen MR) is 131 cm³/mol. The monoisotopic (exact) mass is 456 g/mol. The summed E-state index contributed by atoms with van der Waals surface area (Å²) in [6.07, 6.45) is 3.18. The summed E-state index contributed by atoms with van der Waals surface area (Å²) in [4.78, 5) is 14.1. The van der Waals surface area contributed by atoms with Crippen LogP contribution in [-0.4, -0.2) is 63.6 Å². The zero-order chi connectivity index (χ0) is 22.9. The van der Waals surface area contributed by atoms with Crippen molar-refractivity contribution in [3.05, 3.63) is 72.4 Å². The van der Waals surface area contributed by atoms with E-state index in [9.17, 15) is 5.11 Å². The minimum absolute atomic E-state index is 0.114. The Labute approximate surface area is 198 Å². The molecule has 3 aromatic heterocycles. The molecular weight excluding hydrogens is 428 g/mol. The summed E-state index contributed by atoms with van der Waals surface area (Å²) in [7, 11) is 0. The van der Waals surface area contributed by atoms with E-state index in [0.717, 1.165) is 61.1 Å². The Hall–Kier alpha value is -3.49. The molecule has 0 aliphatic carbocycles. The van der Waals surface area contributed by atoms with Crippen molar-refractivity contribution >= 4 is 17.3 Å². The molecule has 0 bridgehead atoms. The maximum absolute atomic E-state index is 9.84. The molecular formula is C26H28N6O2. The Bertz CT molecular complexity index is 1270. The number of anilines is 2. The lowest BCUT2D eigenvalue weighted by atomic mass is 10.1. The molecule has 2 saturated heterocycles. The van der Waals surface area contributed by atoms with Gasteiger partial charge in [0.25, 0.3) is 0 Å². The Balaban J connectivity index is 1.34. The smallest absolute Gasteiger partial charge is 0.154 e. The Kier molecular flexibility index (Phi) is 5.60. The molecule has 4 aromatic rings. The van der Waals surface area contributed by atoms with E-state index in [1.54, 1.807) is 0 Å². The number of rotatable bonds is 4. The molecule has 5 heterocycles. The molecule has 1 N–H and O–H groups in total. The lowest BCUT2D eigenvalue weighted by Crippen LogP contribution is -2.40. The minimum Gasteiger partial charge on any atom is -0.393 e. The van der Waals surface area contributed by atoms with E-state index in [1.165, 1.54) is 5.56 Å². The highest BCUT2D eigenvalue weighted by Crippen LogP contribution is 2.30. The van der Waals surface area contributed by atoms with Gasteiger partial charge < -0.3 is 19.6 Å². The van der Waals surface area contributed by atoms with Crippen LogP contribution < -0.4 is 9.80 Å². The maximum atomic E-state index is 9.84.